The third kappa shape index (κ3) is 3.40. The van der Waals surface area contributed by atoms with E-state index in [1.165, 1.54) is 12.8 Å². The van der Waals surface area contributed by atoms with Crippen LogP contribution in [-0.4, -0.2) is 25.7 Å². The van der Waals surface area contributed by atoms with Crippen LogP contribution in [0.5, 0.6) is 0 Å². The third-order valence-electron chi connectivity index (χ3n) is 3.56. The summed E-state index contributed by atoms with van der Waals surface area (Å²) >= 11 is 6.34. The van der Waals surface area contributed by atoms with Crippen molar-refractivity contribution in [3.8, 4) is 6.07 Å². The first-order chi connectivity index (χ1) is 9.26. The highest BCUT2D eigenvalue weighted by atomic mass is 35.5. The van der Waals surface area contributed by atoms with Crippen LogP contribution in [0.4, 0.5) is 5.69 Å². The van der Waals surface area contributed by atoms with Crippen molar-refractivity contribution in [2.45, 2.75) is 32.2 Å². The number of nitrogens with zero attached hydrogens (tertiary/aromatic N) is 2. The molecular formula is C15H20ClN3. The van der Waals surface area contributed by atoms with Crippen LogP contribution in [0.2, 0.25) is 5.02 Å². The zero-order valence-electron chi connectivity index (χ0n) is 11.3. The molecule has 3 nitrogen and oxygen atoms in total. The fourth-order valence-electron chi connectivity index (χ4n) is 2.65. The summed E-state index contributed by atoms with van der Waals surface area (Å²) in [5.74, 6) is 0. The van der Waals surface area contributed by atoms with Gasteiger partial charge in [0.05, 0.1) is 22.3 Å². The quantitative estimate of drug-likeness (QED) is 0.919. The summed E-state index contributed by atoms with van der Waals surface area (Å²) in [5.41, 5.74) is 1.67. The fourth-order valence-corrected chi connectivity index (χ4v) is 2.94. The number of anilines is 1. The lowest BCUT2D eigenvalue weighted by Gasteiger charge is -2.36. The molecule has 0 aromatic heterocycles. The zero-order chi connectivity index (χ0) is 13.7. The van der Waals surface area contributed by atoms with Gasteiger partial charge in [0.1, 0.15) is 0 Å². The van der Waals surface area contributed by atoms with E-state index in [0.717, 1.165) is 31.7 Å². The van der Waals surface area contributed by atoms with Crippen LogP contribution in [0.25, 0.3) is 0 Å². The summed E-state index contributed by atoms with van der Waals surface area (Å²) < 4.78 is 0. The Morgan fingerprint density at radius 3 is 2.95 bits per heavy atom. The van der Waals surface area contributed by atoms with Gasteiger partial charge < -0.3 is 10.2 Å². The van der Waals surface area contributed by atoms with Gasteiger partial charge in [0.2, 0.25) is 0 Å². The molecule has 1 N–H and O–H groups in total. The second-order valence-corrected chi connectivity index (χ2v) is 5.38. The topological polar surface area (TPSA) is 39.1 Å². The van der Waals surface area contributed by atoms with E-state index in [1.54, 1.807) is 6.07 Å². The number of hydrogen-bond acceptors (Lipinski definition) is 3. The molecule has 0 saturated carbocycles. The van der Waals surface area contributed by atoms with Crippen LogP contribution in [-0.2, 0) is 0 Å². The van der Waals surface area contributed by atoms with E-state index >= 15 is 0 Å². The Morgan fingerprint density at radius 2 is 2.37 bits per heavy atom. The van der Waals surface area contributed by atoms with Gasteiger partial charge in [-0.15, -0.1) is 0 Å². The SMILES string of the molecule is CCCN(c1ccc(C#N)cc1Cl)C1CCCNC1. The molecule has 0 amide bonds. The monoisotopic (exact) mass is 277 g/mol. The Hall–Kier alpha value is -1.24. The first-order valence-electron chi connectivity index (χ1n) is 6.93. The van der Waals surface area contributed by atoms with E-state index in [2.05, 4.69) is 23.2 Å². The van der Waals surface area contributed by atoms with Crippen molar-refractivity contribution in [3.05, 3.63) is 28.8 Å². The van der Waals surface area contributed by atoms with E-state index in [-0.39, 0.29) is 0 Å². The highest BCUT2D eigenvalue weighted by molar-refractivity contribution is 6.33. The van der Waals surface area contributed by atoms with E-state index in [9.17, 15) is 0 Å². The summed E-state index contributed by atoms with van der Waals surface area (Å²) in [5, 5.41) is 13.0. The summed E-state index contributed by atoms with van der Waals surface area (Å²) in [6.07, 6.45) is 3.49. The van der Waals surface area contributed by atoms with Gasteiger partial charge in [-0.3, -0.25) is 0 Å². The lowest BCUT2D eigenvalue weighted by Crippen LogP contribution is -2.46. The highest BCUT2D eigenvalue weighted by Crippen LogP contribution is 2.30. The molecule has 1 fully saturated rings. The predicted molar refractivity (Wildman–Crippen MR) is 79.7 cm³/mol. The van der Waals surface area contributed by atoms with Gasteiger partial charge in [0.25, 0.3) is 0 Å². The number of benzene rings is 1. The van der Waals surface area contributed by atoms with E-state index in [1.807, 2.05) is 12.1 Å². The van der Waals surface area contributed by atoms with Crippen LogP contribution < -0.4 is 10.2 Å². The van der Waals surface area contributed by atoms with E-state index in [4.69, 9.17) is 16.9 Å². The summed E-state index contributed by atoms with van der Waals surface area (Å²) in [6, 6.07) is 8.21. The number of piperidine rings is 1. The van der Waals surface area contributed by atoms with Crippen LogP contribution >= 0.6 is 11.6 Å². The van der Waals surface area contributed by atoms with E-state index < -0.39 is 0 Å². The molecule has 4 heteroatoms. The van der Waals surface area contributed by atoms with Crippen molar-refractivity contribution in [2.24, 2.45) is 0 Å². The lowest BCUT2D eigenvalue weighted by molar-refractivity contribution is 0.431. The minimum absolute atomic E-state index is 0.499. The minimum Gasteiger partial charge on any atom is -0.366 e. The molecule has 1 aromatic carbocycles. The Morgan fingerprint density at radius 1 is 1.53 bits per heavy atom. The average Bonchev–Trinajstić information content (AvgIpc) is 2.46. The predicted octanol–water partition coefficient (Wildman–Crippen LogP) is 3.18. The zero-order valence-corrected chi connectivity index (χ0v) is 12.1. The normalized spacial score (nSPS) is 18.9. The summed E-state index contributed by atoms with van der Waals surface area (Å²) in [6.45, 7) is 5.30. The fraction of sp³-hybridized carbons (Fsp3) is 0.533. The van der Waals surface area contributed by atoms with Crippen molar-refractivity contribution in [2.75, 3.05) is 24.5 Å². The van der Waals surface area contributed by atoms with Gasteiger partial charge in [-0.2, -0.15) is 5.26 Å². The number of halogens is 1. The van der Waals surface area contributed by atoms with E-state index in [0.29, 0.717) is 16.6 Å². The molecule has 1 atom stereocenters. The van der Waals surface area contributed by atoms with Crippen LogP contribution in [0, 0.1) is 11.3 Å². The molecule has 1 heterocycles. The van der Waals surface area contributed by atoms with Crippen LogP contribution in [0.1, 0.15) is 31.7 Å². The second kappa shape index (κ2) is 6.79. The molecule has 1 aromatic rings. The smallest absolute Gasteiger partial charge is 0.0992 e. The average molecular weight is 278 g/mol. The van der Waals surface area contributed by atoms with Crippen molar-refractivity contribution in [1.29, 1.82) is 5.26 Å². The first kappa shape index (κ1) is 14.2. The molecule has 102 valence electrons. The largest absolute Gasteiger partial charge is 0.366 e. The van der Waals surface area contributed by atoms with Crippen LogP contribution in [0.15, 0.2) is 18.2 Å². The molecule has 0 bridgehead atoms. The van der Waals surface area contributed by atoms with Gasteiger partial charge in [0, 0.05) is 19.1 Å². The van der Waals surface area contributed by atoms with Gasteiger partial charge >= 0.3 is 0 Å². The van der Waals surface area contributed by atoms with Crippen molar-refractivity contribution < 1.29 is 0 Å². The number of hydrogen-bond donors (Lipinski definition) is 1. The Bertz CT molecular complexity index is 461. The van der Waals surface area contributed by atoms with Gasteiger partial charge in [-0.05, 0) is 44.0 Å². The molecule has 19 heavy (non-hydrogen) atoms. The number of rotatable bonds is 4. The van der Waals surface area contributed by atoms with Crippen molar-refractivity contribution in [3.63, 3.8) is 0 Å². The van der Waals surface area contributed by atoms with Crippen molar-refractivity contribution in [1.82, 2.24) is 5.32 Å². The standard InChI is InChI=1S/C15H20ClN3/c1-2-8-19(13-4-3-7-18-11-13)15-6-5-12(10-17)9-14(15)16/h5-6,9,13,18H,2-4,7-8,11H2,1H3. The molecule has 1 aliphatic heterocycles. The second-order valence-electron chi connectivity index (χ2n) is 4.97. The maximum absolute atomic E-state index is 8.91. The molecular weight excluding hydrogens is 258 g/mol. The summed E-state index contributed by atoms with van der Waals surface area (Å²) in [4.78, 5) is 2.38. The Kier molecular flexibility index (Phi) is 5.07. The molecule has 0 spiro atoms. The Balaban J connectivity index is 2.25. The van der Waals surface area contributed by atoms with Crippen LogP contribution in [0.3, 0.4) is 0 Å². The first-order valence-corrected chi connectivity index (χ1v) is 7.31. The molecule has 1 saturated heterocycles. The van der Waals surface area contributed by atoms with Gasteiger partial charge in [-0.1, -0.05) is 18.5 Å². The molecule has 1 unspecified atom stereocenters. The molecule has 0 radical (unpaired) electrons. The lowest BCUT2D eigenvalue weighted by atomic mass is 10.0. The third-order valence-corrected chi connectivity index (χ3v) is 3.87. The molecule has 0 aliphatic carbocycles. The number of nitriles is 1. The van der Waals surface area contributed by atoms with Crippen molar-refractivity contribution >= 4 is 17.3 Å². The molecule has 1 aliphatic rings. The van der Waals surface area contributed by atoms with Gasteiger partial charge in [-0.25, -0.2) is 0 Å². The maximum atomic E-state index is 8.91. The van der Waals surface area contributed by atoms with Gasteiger partial charge in [0.15, 0.2) is 0 Å². The Labute approximate surface area is 120 Å². The number of nitrogens with one attached hydrogen (secondary N) is 1. The summed E-state index contributed by atoms with van der Waals surface area (Å²) in [7, 11) is 0. The highest BCUT2D eigenvalue weighted by Gasteiger charge is 2.22. The molecule has 2 rings (SSSR count). The maximum Gasteiger partial charge on any atom is 0.0992 e. The minimum atomic E-state index is 0.499.